The Kier molecular flexibility index (Phi) is 9.77. The van der Waals surface area contributed by atoms with E-state index in [9.17, 15) is 9.59 Å². The van der Waals surface area contributed by atoms with Crippen LogP contribution in [0.25, 0.3) is 0 Å². The molecule has 0 saturated heterocycles. The molecule has 190 valence electrons. The number of hydrogen-bond acceptors (Lipinski definition) is 5. The van der Waals surface area contributed by atoms with Gasteiger partial charge in [0.15, 0.2) is 0 Å². The van der Waals surface area contributed by atoms with E-state index in [1.807, 2.05) is 14.0 Å². The largest absolute Gasteiger partial charge is 0.491 e. The number of anilines is 1. The van der Waals surface area contributed by atoms with Gasteiger partial charge in [0.2, 0.25) is 5.91 Å². The van der Waals surface area contributed by atoms with E-state index in [0.717, 1.165) is 19.0 Å². The maximum Gasteiger partial charge on any atom is 0.257 e. The summed E-state index contributed by atoms with van der Waals surface area (Å²) in [4.78, 5) is 29.5. The van der Waals surface area contributed by atoms with Gasteiger partial charge in [0, 0.05) is 58.0 Å². The summed E-state index contributed by atoms with van der Waals surface area (Å²) in [6, 6.07) is 5.48. The molecule has 1 fully saturated rings. The number of ether oxygens (including phenoxy) is 2. The Hall–Kier alpha value is -2.12. The molecule has 1 N–H and O–H groups in total. The van der Waals surface area contributed by atoms with Gasteiger partial charge in [-0.3, -0.25) is 14.5 Å². The van der Waals surface area contributed by atoms with Crippen LogP contribution in [0.3, 0.4) is 0 Å². The van der Waals surface area contributed by atoms with Crippen LogP contribution in [-0.4, -0.2) is 74.2 Å². The van der Waals surface area contributed by atoms with Crippen LogP contribution >= 0.6 is 0 Å². The van der Waals surface area contributed by atoms with Gasteiger partial charge >= 0.3 is 0 Å². The normalized spacial score (nSPS) is 25.6. The van der Waals surface area contributed by atoms with Gasteiger partial charge in [0.1, 0.15) is 12.4 Å². The topological polar surface area (TPSA) is 71.1 Å². The third kappa shape index (κ3) is 6.95. The zero-order chi connectivity index (χ0) is 24.7. The van der Waals surface area contributed by atoms with Crippen molar-refractivity contribution in [3.05, 3.63) is 23.8 Å². The van der Waals surface area contributed by atoms with Gasteiger partial charge in [-0.15, -0.1) is 0 Å². The summed E-state index contributed by atoms with van der Waals surface area (Å²) in [5.41, 5.74) is 1.15. The van der Waals surface area contributed by atoms with Crippen LogP contribution < -0.4 is 10.1 Å². The number of benzene rings is 1. The Morgan fingerprint density at radius 2 is 1.91 bits per heavy atom. The molecule has 7 heteroatoms. The quantitative estimate of drug-likeness (QED) is 0.685. The van der Waals surface area contributed by atoms with Gasteiger partial charge in [-0.05, 0) is 43.7 Å². The molecule has 1 aromatic rings. The van der Waals surface area contributed by atoms with Crippen molar-refractivity contribution in [1.82, 2.24) is 9.80 Å². The average Bonchev–Trinajstić information content (AvgIpc) is 2.84. The second-order valence-electron chi connectivity index (χ2n) is 10.2. The van der Waals surface area contributed by atoms with Crippen molar-refractivity contribution in [2.75, 3.05) is 45.7 Å². The minimum Gasteiger partial charge on any atom is -0.491 e. The standard InChI is InChI=1S/C27H43N3O4/c1-6-26(31)28-22-12-13-23-24(14-22)34-18-20(3)30(16-21-10-8-7-9-11-21)15-19(2)25(33-5)17-29(4)27(23)32/h12-14,19-21,25H,6-11,15-18H2,1-5H3,(H,28,31)/t19-,20+,25-/m0/s1. The summed E-state index contributed by atoms with van der Waals surface area (Å²) >= 11 is 0. The maximum absolute atomic E-state index is 13.3. The molecule has 1 aliphatic heterocycles. The molecular formula is C27H43N3O4. The average molecular weight is 474 g/mol. The van der Waals surface area contributed by atoms with Crippen molar-refractivity contribution in [3.8, 4) is 5.75 Å². The molecule has 0 unspecified atom stereocenters. The predicted octanol–water partition coefficient (Wildman–Crippen LogP) is 4.42. The lowest BCUT2D eigenvalue weighted by Crippen LogP contribution is -2.48. The molecule has 1 aliphatic carbocycles. The SMILES string of the molecule is CCC(=O)Nc1ccc2c(c1)OC[C@@H](C)N(CC1CCCCC1)C[C@H](C)[C@@H](OC)CN(C)C2=O. The van der Waals surface area contributed by atoms with E-state index in [1.165, 1.54) is 32.1 Å². The molecular weight excluding hydrogens is 430 g/mol. The minimum atomic E-state index is -0.107. The summed E-state index contributed by atoms with van der Waals surface area (Å²) in [7, 11) is 3.55. The smallest absolute Gasteiger partial charge is 0.257 e. The summed E-state index contributed by atoms with van der Waals surface area (Å²) in [6.45, 7) is 9.20. The number of rotatable bonds is 5. The highest BCUT2D eigenvalue weighted by Gasteiger charge is 2.29. The summed E-state index contributed by atoms with van der Waals surface area (Å²) in [5.74, 6) is 1.34. The molecule has 7 nitrogen and oxygen atoms in total. The third-order valence-electron chi connectivity index (χ3n) is 7.40. The van der Waals surface area contributed by atoms with Crippen LogP contribution in [0.1, 0.15) is 69.7 Å². The van der Waals surface area contributed by atoms with Crippen LogP contribution in [0.2, 0.25) is 0 Å². The Labute approximate surface area is 205 Å². The summed E-state index contributed by atoms with van der Waals surface area (Å²) in [5, 5.41) is 2.88. The van der Waals surface area contributed by atoms with Crippen LogP contribution in [0.4, 0.5) is 5.69 Å². The van der Waals surface area contributed by atoms with Crippen LogP contribution in [0.15, 0.2) is 18.2 Å². The highest BCUT2D eigenvalue weighted by molar-refractivity contribution is 5.98. The van der Waals surface area contributed by atoms with Crippen molar-refractivity contribution in [2.45, 2.75) is 71.4 Å². The molecule has 1 saturated carbocycles. The van der Waals surface area contributed by atoms with Crippen molar-refractivity contribution in [1.29, 1.82) is 0 Å². The highest BCUT2D eigenvalue weighted by atomic mass is 16.5. The number of methoxy groups -OCH3 is 1. The lowest BCUT2D eigenvalue weighted by molar-refractivity contribution is -0.115. The first-order chi connectivity index (χ1) is 16.3. The van der Waals surface area contributed by atoms with E-state index in [1.54, 1.807) is 30.2 Å². The minimum absolute atomic E-state index is 0.0538. The zero-order valence-electron chi connectivity index (χ0n) is 21.6. The molecule has 0 spiro atoms. The van der Waals surface area contributed by atoms with Crippen molar-refractivity contribution in [3.63, 3.8) is 0 Å². The summed E-state index contributed by atoms with van der Waals surface area (Å²) < 4.78 is 12.1. The zero-order valence-corrected chi connectivity index (χ0v) is 21.6. The van der Waals surface area contributed by atoms with Gasteiger partial charge in [-0.1, -0.05) is 33.1 Å². The van der Waals surface area contributed by atoms with Gasteiger partial charge < -0.3 is 19.7 Å². The Balaban J connectivity index is 1.89. The highest BCUT2D eigenvalue weighted by Crippen LogP contribution is 2.29. The third-order valence-corrected chi connectivity index (χ3v) is 7.40. The fourth-order valence-electron chi connectivity index (χ4n) is 5.13. The first kappa shape index (κ1) is 26.5. The van der Waals surface area contributed by atoms with E-state index in [2.05, 4.69) is 24.1 Å². The van der Waals surface area contributed by atoms with Gasteiger partial charge in [0.05, 0.1) is 11.7 Å². The molecule has 2 aliphatic rings. The number of hydrogen-bond donors (Lipinski definition) is 1. The molecule has 0 aromatic heterocycles. The predicted molar refractivity (Wildman–Crippen MR) is 135 cm³/mol. The van der Waals surface area contributed by atoms with E-state index in [-0.39, 0.29) is 29.9 Å². The monoisotopic (exact) mass is 473 g/mol. The fraction of sp³-hybridized carbons (Fsp3) is 0.704. The number of nitrogens with one attached hydrogen (secondary N) is 1. The van der Waals surface area contributed by atoms with Crippen molar-refractivity contribution in [2.24, 2.45) is 11.8 Å². The van der Waals surface area contributed by atoms with Gasteiger partial charge in [0.25, 0.3) is 5.91 Å². The first-order valence-corrected chi connectivity index (χ1v) is 12.9. The van der Waals surface area contributed by atoms with Gasteiger partial charge in [-0.25, -0.2) is 0 Å². The number of amides is 2. The maximum atomic E-state index is 13.3. The first-order valence-electron chi connectivity index (χ1n) is 12.9. The van der Waals surface area contributed by atoms with Crippen LogP contribution in [-0.2, 0) is 9.53 Å². The molecule has 34 heavy (non-hydrogen) atoms. The number of fused-ring (bicyclic) bond motifs is 1. The van der Waals surface area contributed by atoms with E-state index < -0.39 is 0 Å². The van der Waals surface area contributed by atoms with Crippen molar-refractivity contribution < 1.29 is 19.1 Å². The molecule has 0 bridgehead atoms. The molecule has 0 radical (unpaired) electrons. The lowest BCUT2D eigenvalue weighted by atomic mass is 9.88. The van der Waals surface area contributed by atoms with Crippen LogP contribution in [0, 0.1) is 11.8 Å². The molecule has 3 atom stereocenters. The Bertz CT molecular complexity index is 824. The Morgan fingerprint density at radius 1 is 1.18 bits per heavy atom. The second kappa shape index (κ2) is 12.5. The molecule has 1 aromatic carbocycles. The number of nitrogens with zero attached hydrogens (tertiary/aromatic N) is 2. The molecule has 3 rings (SSSR count). The van der Waals surface area contributed by atoms with E-state index >= 15 is 0 Å². The molecule has 1 heterocycles. The van der Waals surface area contributed by atoms with E-state index in [0.29, 0.717) is 36.6 Å². The van der Waals surface area contributed by atoms with Gasteiger partial charge in [-0.2, -0.15) is 0 Å². The second-order valence-corrected chi connectivity index (χ2v) is 10.2. The van der Waals surface area contributed by atoms with Crippen molar-refractivity contribution >= 4 is 17.5 Å². The fourth-order valence-corrected chi connectivity index (χ4v) is 5.13. The molecule has 2 amide bonds. The van der Waals surface area contributed by atoms with Crippen LogP contribution in [0.5, 0.6) is 5.75 Å². The lowest BCUT2D eigenvalue weighted by Gasteiger charge is -2.38. The summed E-state index contributed by atoms with van der Waals surface area (Å²) in [6.07, 6.45) is 6.94. The Morgan fingerprint density at radius 3 is 2.59 bits per heavy atom. The number of carbonyl (C=O) groups is 2. The number of likely N-dealkylation sites (N-methyl/N-ethyl adjacent to an activating group) is 1. The number of carbonyl (C=O) groups excluding carboxylic acids is 2. The van der Waals surface area contributed by atoms with E-state index in [4.69, 9.17) is 9.47 Å².